The van der Waals surface area contributed by atoms with Crippen LogP contribution in [0.15, 0.2) is 42.1 Å². The zero-order valence-electron chi connectivity index (χ0n) is 10.3. The van der Waals surface area contributed by atoms with Crippen LogP contribution in [0, 0.1) is 0 Å². The van der Waals surface area contributed by atoms with Gasteiger partial charge in [-0.15, -0.1) is 11.3 Å². The van der Waals surface area contributed by atoms with Crippen LogP contribution in [0.25, 0.3) is 6.08 Å². The van der Waals surface area contributed by atoms with Gasteiger partial charge in [-0.05, 0) is 36.4 Å². The molecule has 1 aliphatic heterocycles. The van der Waals surface area contributed by atoms with Gasteiger partial charge < -0.3 is 5.32 Å². The molecule has 1 amide bonds. The molecule has 0 aliphatic carbocycles. The van der Waals surface area contributed by atoms with Crippen molar-refractivity contribution in [2.45, 2.75) is 0 Å². The van der Waals surface area contributed by atoms with Crippen molar-refractivity contribution < 1.29 is 4.79 Å². The third-order valence-corrected chi connectivity index (χ3v) is 4.32. The average Bonchev–Trinajstić information content (AvgIpc) is 2.98. The largest absolute Gasteiger partial charge is 0.363 e. The summed E-state index contributed by atoms with van der Waals surface area (Å²) >= 11 is 13.3. The van der Waals surface area contributed by atoms with Crippen LogP contribution >= 0.6 is 34.5 Å². The fourth-order valence-corrected chi connectivity index (χ4v) is 3.16. The summed E-state index contributed by atoms with van der Waals surface area (Å²) in [5.41, 5.74) is 1.34. The lowest BCUT2D eigenvalue weighted by Crippen LogP contribution is -2.25. The summed E-state index contributed by atoms with van der Waals surface area (Å²) in [6.07, 6.45) is 1.81. The zero-order chi connectivity index (χ0) is 14.1. The molecule has 0 radical (unpaired) electrons. The topological polar surface area (TPSA) is 32.3 Å². The first-order valence-electron chi connectivity index (χ1n) is 5.92. The first kappa shape index (κ1) is 13.5. The SMILES string of the molecule is O=C1/C(=C/c2ccc(Cl)s2)NCN1c1cccc(Cl)c1. The number of carbonyl (C=O) groups excluding carboxylic acids is 1. The van der Waals surface area contributed by atoms with Gasteiger partial charge in [0, 0.05) is 15.6 Å². The number of anilines is 1. The van der Waals surface area contributed by atoms with Gasteiger partial charge in [-0.3, -0.25) is 9.69 Å². The fraction of sp³-hybridized carbons (Fsp3) is 0.0714. The van der Waals surface area contributed by atoms with Crippen LogP contribution < -0.4 is 10.2 Å². The lowest BCUT2D eigenvalue weighted by molar-refractivity contribution is -0.114. The summed E-state index contributed by atoms with van der Waals surface area (Å²) in [5, 5.41) is 3.70. The van der Waals surface area contributed by atoms with E-state index >= 15 is 0 Å². The quantitative estimate of drug-likeness (QED) is 0.847. The Kier molecular flexibility index (Phi) is 3.70. The predicted molar refractivity (Wildman–Crippen MR) is 84.2 cm³/mol. The molecule has 0 spiro atoms. The van der Waals surface area contributed by atoms with Gasteiger partial charge in [0.2, 0.25) is 0 Å². The maximum Gasteiger partial charge on any atom is 0.275 e. The van der Waals surface area contributed by atoms with E-state index in [-0.39, 0.29) is 5.91 Å². The van der Waals surface area contributed by atoms with Gasteiger partial charge in [-0.1, -0.05) is 29.3 Å². The molecule has 0 saturated carbocycles. The summed E-state index contributed by atoms with van der Waals surface area (Å²) in [6, 6.07) is 10.9. The Hall–Kier alpha value is -1.49. The van der Waals surface area contributed by atoms with E-state index in [9.17, 15) is 4.79 Å². The molecule has 0 bridgehead atoms. The number of thiophene rings is 1. The Bertz CT molecular complexity index is 696. The molecular formula is C14H10Cl2N2OS. The van der Waals surface area contributed by atoms with Gasteiger partial charge in [0.1, 0.15) is 5.70 Å². The second kappa shape index (κ2) is 5.48. The van der Waals surface area contributed by atoms with E-state index in [4.69, 9.17) is 23.2 Å². The molecule has 102 valence electrons. The van der Waals surface area contributed by atoms with Crippen LogP contribution in [0.1, 0.15) is 4.88 Å². The number of carbonyl (C=O) groups is 1. The summed E-state index contributed by atoms with van der Waals surface area (Å²) in [7, 11) is 0. The van der Waals surface area contributed by atoms with Gasteiger partial charge >= 0.3 is 0 Å². The molecule has 1 aromatic heterocycles. The molecule has 0 unspecified atom stereocenters. The van der Waals surface area contributed by atoms with E-state index in [0.29, 0.717) is 21.7 Å². The Morgan fingerprint density at radius 1 is 1.25 bits per heavy atom. The first-order chi connectivity index (χ1) is 9.63. The second-order valence-corrected chi connectivity index (χ2v) is 6.43. The summed E-state index contributed by atoms with van der Waals surface area (Å²) < 4.78 is 0.703. The van der Waals surface area contributed by atoms with Crippen molar-refractivity contribution in [3.8, 4) is 0 Å². The van der Waals surface area contributed by atoms with Crippen molar-refractivity contribution in [2.24, 2.45) is 0 Å². The minimum absolute atomic E-state index is 0.0724. The molecule has 2 aromatic rings. The standard InChI is InChI=1S/C14H10Cl2N2OS/c15-9-2-1-3-10(6-9)18-8-17-12(14(18)19)7-11-4-5-13(16)20-11/h1-7,17H,8H2/b12-7-. The van der Waals surface area contributed by atoms with E-state index in [0.717, 1.165) is 10.6 Å². The van der Waals surface area contributed by atoms with Crippen LogP contribution in [-0.4, -0.2) is 12.6 Å². The number of halogens is 2. The molecule has 2 heterocycles. The monoisotopic (exact) mass is 324 g/mol. The van der Waals surface area contributed by atoms with E-state index in [1.807, 2.05) is 30.3 Å². The first-order valence-corrected chi connectivity index (χ1v) is 7.49. The molecule has 3 rings (SSSR count). The Morgan fingerprint density at radius 2 is 2.10 bits per heavy atom. The fourth-order valence-electron chi connectivity index (χ4n) is 1.97. The van der Waals surface area contributed by atoms with Crippen molar-refractivity contribution in [3.63, 3.8) is 0 Å². The molecule has 3 nitrogen and oxygen atoms in total. The minimum Gasteiger partial charge on any atom is -0.363 e. The van der Waals surface area contributed by atoms with Crippen molar-refractivity contribution in [2.75, 3.05) is 11.6 Å². The zero-order valence-corrected chi connectivity index (χ0v) is 12.6. The van der Waals surface area contributed by atoms with Gasteiger partial charge in [-0.25, -0.2) is 0 Å². The molecule has 0 atom stereocenters. The third kappa shape index (κ3) is 2.68. The van der Waals surface area contributed by atoms with E-state index in [2.05, 4.69) is 5.32 Å². The lowest BCUT2D eigenvalue weighted by Gasteiger charge is -2.13. The van der Waals surface area contributed by atoms with Crippen LogP contribution in [0.2, 0.25) is 9.36 Å². The van der Waals surface area contributed by atoms with E-state index < -0.39 is 0 Å². The number of hydrogen-bond donors (Lipinski definition) is 1. The number of benzene rings is 1. The van der Waals surface area contributed by atoms with E-state index in [1.165, 1.54) is 11.3 Å². The Morgan fingerprint density at radius 3 is 2.80 bits per heavy atom. The van der Waals surface area contributed by atoms with Crippen molar-refractivity contribution in [1.29, 1.82) is 0 Å². The summed E-state index contributed by atoms with van der Waals surface area (Å²) in [6.45, 7) is 0.435. The highest BCUT2D eigenvalue weighted by atomic mass is 35.5. The van der Waals surface area contributed by atoms with Crippen LogP contribution in [0.4, 0.5) is 5.69 Å². The van der Waals surface area contributed by atoms with Gasteiger partial charge in [0.15, 0.2) is 0 Å². The normalized spacial score (nSPS) is 16.8. The highest BCUT2D eigenvalue weighted by Crippen LogP contribution is 2.26. The number of rotatable bonds is 2. The predicted octanol–water partition coefficient (Wildman–Crippen LogP) is 3.99. The smallest absolute Gasteiger partial charge is 0.275 e. The highest BCUT2D eigenvalue weighted by Gasteiger charge is 2.26. The second-order valence-electron chi connectivity index (χ2n) is 4.25. The Labute approximate surface area is 130 Å². The van der Waals surface area contributed by atoms with Gasteiger partial charge in [-0.2, -0.15) is 0 Å². The number of nitrogens with one attached hydrogen (secondary N) is 1. The third-order valence-electron chi connectivity index (χ3n) is 2.90. The van der Waals surface area contributed by atoms with E-state index in [1.54, 1.807) is 17.0 Å². The van der Waals surface area contributed by atoms with Crippen LogP contribution in [0.3, 0.4) is 0 Å². The molecular weight excluding hydrogens is 315 g/mol. The van der Waals surface area contributed by atoms with Crippen molar-refractivity contribution in [1.82, 2.24) is 5.32 Å². The van der Waals surface area contributed by atoms with Gasteiger partial charge in [0.25, 0.3) is 5.91 Å². The maximum absolute atomic E-state index is 12.4. The average molecular weight is 325 g/mol. The van der Waals surface area contributed by atoms with Crippen LogP contribution in [0.5, 0.6) is 0 Å². The number of amides is 1. The lowest BCUT2D eigenvalue weighted by atomic mass is 10.3. The molecule has 1 saturated heterocycles. The van der Waals surface area contributed by atoms with Crippen molar-refractivity contribution in [3.05, 3.63) is 56.3 Å². The highest BCUT2D eigenvalue weighted by molar-refractivity contribution is 7.17. The Balaban J connectivity index is 1.86. The number of nitrogens with zero attached hydrogens (tertiary/aromatic N) is 1. The molecule has 1 fully saturated rings. The summed E-state index contributed by atoms with van der Waals surface area (Å²) in [4.78, 5) is 14.9. The number of hydrogen-bond acceptors (Lipinski definition) is 3. The molecule has 1 aliphatic rings. The minimum atomic E-state index is -0.0724. The molecule has 1 N–H and O–H groups in total. The summed E-state index contributed by atoms with van der Waals surface area (Å²) in [5.74, 6) is -0.0724. The van der Waals surface area contributed by atoms with Crippen LogP contribution in [-0.2, 0) is 4.79 Å². The molecule has 1 aromatic carbocycles. The molecule has 20 heavy (non-hydrogen) atoms. The maximum atomic E-state index is 12.4. The van der Waals surface area contributed by atoms with Crippen molar-refractivity contribution >= 4 is 52.2 Å². The van der Waals surface area contributed by atoms with Gasteiger partial charge in [0.05, 0.1) is 11.0 Å². The molecule has 6 heteroatoms.